The molecule has 1 aromatic heterocycles. The molecule has 1 heterocycles. The predicted molar refractivity (Wildman–Crippen MR) is 75.0 cm³/mol. The fraction of sp³-hybridized carbons (Fsp3) is 0.167. The van der Waals surface area contributed by atoms with E-state index in [2.05, 4.69) is 9.82 Å². The number of hydrogen-bond acceptors (Lipinski definition) is 5. The molecular weight excluding hydrogens is 296 g/mol. The van der Waals surface area contributed by atoms with Gasteiger partial charge in [0.1, 0.15) is 0 Å². The molecule has 0 amide bonds. The van der Waals surface area contributed by atoms with Gasteiger partial charge in [-0.3, -0.25) is 4.68 Å². The molecule has 0 aliphatic rings. The molecule has 0 aliphatic carbocycles. The van der Waals surface area contributed by atoms with Gasteiger partial charge in [0.2, 0.25) is 10.0 Å². The number of nitrogen functional groups attached to an aromatic ring is 1. The van der Waals surface area contributed by atoms with Gasteiger partial charge in [0.05, 0.1) is 16.7 Å². The number of sulfonamides is 1. The summed E-state index contributed by atoms with van der Waals surface area (Å²) in [4.78, 5) is 10.7. The number of aryl methyl sites for hydroxylation is 1. The van der Waals surface area contributed by atoms with Gasteiger partial charge in [0.15, 0.2) is 0 Å². The molecule has 21 heavy (non-hydrogen) atoms. The van der Waals surface area contributed by atoms with Crippen molar-refractivity contribution in [3.8, 4) is 0 Å². The van der Waals surface area contributed by atoms with Crippen molar-refractivity contribution in [2.45, 2.75) is 11.4 Å². The van der Waals surface area contributed by atoms with Crippen molar-refractivity contribution in [3.63, 3.8) is 0 Å². The van der Waals surface area contributed by atoms with E-state index in [1.807, 2.05) is 0 Å². The monoisotopic (exact) mass is 310 g/mol. The van der Waals surface area contributed by atoms with E-state index in [-0.39, 0.29) is 22.7 Å². The highest BCUT2D eigenvalue weighted by molar-refractivity contribution is 7.89. The van der Waals surface area contributed by atoms with Crippen molar-refractivity contribution in [2.24, 2.45) is 7.05 Å². The minimum atomic E-state index is -4.00. The first kappa shape index (κ1) is 15.0. The number of nitrogens with two attached hydrogens (primary N) is 1. The summed E-state index contributed by atoms with van der Waals surface area (Å²) in [6, 6.07) is 3.62. The Morgan fingerprint density at radius 2 is 2.19 bits per heavy atom. The minimum absolute atomic E-state index is 0.00400. The molecule has 1 aromatic carbocycles. The molecule has 0 radical (unpaired) electrons. The molecule has 0 spiro atoms. The van der Waals surface area contributed by atoms with E-state index in [0.29, 0.717) is 5.56 Å². The van der Waals surface area contributed by atoms with Crippen LogP contribution in [-0.4, -0.2) is 29.3 Å². The number of carboxylic acids is 1. The number of hydrogen-bond donors (Lipinski definition) is 3. The zero-order valence-corrected chi connectivity index (χ0v) is 12.0. The Hall–Kier alpha value is -2.39. The van der Waals surface area contributed by atoms with Crippen LogP contribution in [0.1, 0.15) is 15.9 Å². The topological polar surface area (TPSA) is 127 Å². The SMILES string of the molecule is Cn1cc(CNS(=O)(=O)c2cc(N)ccc2C(=O)O)cn1. The number of anilines is 1. The number of rotatable bonds is 5. The lowest BCUT2D eigenvalue weighted by molar-refractivity contribution is 0.0692. The van der Waals surface area contributed by atoms with Gasteiger partial charge in [-0.05, 0) is 18.2 Å². The van der Waals surface area contributed by atoms with E-state index >= 15 is 0 Å². The molecule has 0 unspecified atom stereocenters. The third kappa shape index (κ3) is 3.38. The third-order valence-corrected chi connectivity index (χ3v) is 4.19. The van der Waals surface area contributed by atoms with Crippen molar-refractivity contribution in [3.05, 3.63) is 41.7 Å². The molecule has 0 aliphatic heterocycles. The van der Waals surface area contributed by atoms with E-state index in [0.717, 1.165) is 12.1 Å². The van der Waals surface area contributed by atoms with Gasteiger partial charge in [-0.25, -0.2) is 17.9 Å². The van der Waals surface area contributed by atoms with Gasteiger partial charge in [-0.2, -0.15) is 5.10 Å². The van der Waals surface area contributed by atoms with E-state index < -0.39 is 16.0 Å². The van der Waals surface area contributed by atoms with Gasteiger partial charge in [0, 0.05) is 31.0 Å². The molecule has 4 N–H and O–H groups in total. The van der Waals surface area contributed by atoms with E-state index in [1.165, 1.54) is 16.9 Å². The van der Waals surface area contributed by atoms with Crippen LogP contribution in [-0.2, 0) is 23.6 Å². The first-order chi connectivity index (χ1) is 9.79. The maximum Gasteiger partial charge on any atom is 0.337 e. The normalized spacial score (nSPS) is 11.5. The van der Waals surface area contributed by atoms with Crippen molar-refractivity contribution in [1.82, 2.24) is 14.5 Å². The lowest BCUT2D eigenvalue weighted by atomic mass is 10.2. The van der Waals surface area contributed by atoms with Gasteiger partial charge in [-0.15, -0.1) is 0 Å². The Balaban J connectivity index is 2.31. The molecule has 0 saturated carbocycles. The zero-order valence-electron chi connectivity index (χ0n) is 11.1. The van der Waals surface area contributed by atoms with Crippen LogP contribution in [0.4, 0.5) is 5.69 Å². The van der Waals surface area contributed by atoms with Crippen LogP contribution in [0.15, 0.2) is 35.5 Å². The van der Waals surface area contributed by atoms with E-state index in [1.54, 1.807) is 13.2 Å². The summed E-state index contributed by atoms with van der Waals surface area (Å²) in [7, 11) is -2.29. The Bertz CT molecular complexity index is 782. The van der Waals surface area contributed by atoms with Gasteiger partial charge in [-0.1, -0.05) is 0 Å². The third-order valence-electron chi connectivity index (χ3n) is 2.75. The van der Waals surface area contributed by atoms with Gasteiger partial charge in [0.25, 0.3) is 0 Å². The fourth-order valence-corrected chi connectivity index (χ4v) is 3.01. The van der Waals surface area contributed by atoms with Crippen molar-refractivity contribution in [1.29, 1.82) is 0 Å². The molecular formula is C12H14N4O4S. The van der Waals surface area contributed by atoms with Crippen LogP contribution >= 0.6 is 0 Å². The molecule has 0 atom stereocenters. The Labute approximate surface area is 121 Å². The highest BCUT2D eigenvalue weighted by Gasteiger charge is 2.22. The Kier molecular flexibility index (Phi) is 3.96. The fourth-order valence-electron chi connectivity index (χ4n) is 1.76. The summed E-state index contributed by atoms with van der Waals surface area (Å²) in [5.41, 5.74) is 6.03. The largest absolute Gasteiger partial charge is 0.478 e. The van der Waals surface area contributed by atoms with Crippen molar-refractivity contribution >= 4 is 21.7 Å². The molecule has 2 aromatic rings. The average Bonchev–Trinajstić information content (AvgIpc) is 2.82. The number of nitrogens with zero attached hydrogens (tertiary/aromatic N) is 2. The van der Waals surface area contributed by atoms with E-state index in [9.17, 15) is 13.2 Å². The number of nitrogens with one attached hydrogen (secondary N) is 1. The molecule has 0 bridgehead atoms. The number of carboxylic acid groups (broad SMARTS) is 1. The average molecular weight is 310 g/mol. The molecule has 8 nitrogen and oxygen atoms in total. The van der Waals surface area contributed by atoms with Crippen molar-refractivity contribution in [2.75, 3.05) is 5.73 Å². The Morgan fingerprint density at radius 3 is 2.76 bits per heavy atom. The lowest BCUT2D eigenvalue weighted by Gasteiger charge is -2.09. The maximum absolute atomic E-state index is 12.2. The number of benzene rings is 1. The number of aromatic nitrogens is 2. The summed E-state index contributed by atoms with van der Waals surface area (Å²) >= 11 is 0. The second kappa shape index (κ2) is 5.54. The van der Waals surface area contributed by atoms with Gasteiger partial charge < -0.3 is 10.8 Å². The first-order valence-electron chi connectivity index (χ1n) is 5.89. The van der Waals surface area contributed by atoms with Gasteiger partial charge >= 0.3 is 5.97 Å². The zero-order chi connectivity index (χ0) is 15.6. The standard InChI is InChI=1S/C12H14N4O4S/c1-16-7-8(5-14-16)6-15-21(19,20)11-4-9(13)2-3-10(11)12(17)18/h2-5,7,15H,6,13H2,1H3,(H,17,18). The second-order valence-corrected chi connectivity index (χ2v) is 6.14. The summed E-state index contributed by atoms with van der Waals surface area (Å²) in [5, 5.41) is 13.0. The minimum Gasteiger partial charge on any atom is -0.478 e. The van der Waals surface area contributed by atoms with Crippen LogP contribution in [0.25, 0.3) is 0 Å². The quantitative estimate of drug-likeness (QED) is 0.676. The summed E-state index contributed by atoms with van der Waals surface area (Å²) in [6.07, 6.45) is 3.17. The maximum atomic E-state index is 12.2. The lowest BCUT2D eigenvalue weighted by Crippen LogP contribution is -2.25. The number of aromatic carboxylic acids is 1. The summed E-state index contributed by atoms with van der Waals surface area (Å²) in [6.45, 7) is 0.00400. The van der Waals surface area contributed by atoms with Crippen molar-refractivity contribution < 1.29 is 18.3 Å². The molecule has 9 heteroatoms. The van der Waals surface area contributed by atoms with Crippen LogP contribution in [0.5, 0.6) is 0 Å². The highest BCUT2D eigenvalue weighted by atomic mass is 32.2. The van der Waals surface area contributed by atoms with Crippen LogP contribution in [0, 0.1) is 0 Å². The number of carbonyl (C=O) groups is 1. The highest BCUT2D eigenvalue weighted by Crippen LogP contribution is 2.19. The second-order valence-electron chi connectivity index (χ2n) is 4.41. The molecule has 112 valence electrons. The van der Waals surface area contributed by atoms with Crippen LogP contribution < -0.4 is 10.5 Å². The first-order valence-corrected chi connectivity index (χ1v) is 7.38. The molecule has 0 saturated heterocycles. The summed E-state index contributed by atoms with van der Waals surface area (Å²) in [5.74, 6) is -1.34. The van der Waals surface area contributed by atoms with Crippen LogP contribution in [0.3, 0.4) is 0 Å². The van der Waals surface area contributed by atoms with Crippen LogP contribution in [0.2, 0.25) is 0 Å². The molecule has 2 rings (SSSR count). The smallest absolute Gasteiger partial charge is 0.337 e. The Morgan fingerprint density at radius 1 is 1.48 bits per heavy atom. The molecule has 0 fully saturated rings. The van der Waals surface area contributed by atoms with E-state index in [4.69, 9.17) is 10.8 Å². The summed E-state index contributed by atoms with van der Waals surface area (Å²) < 4.78 is 28.3. The predicted octanol–water partition coefficient (Wildman–Crippen LogP) is 0.179.